The molecule has 1 N–H and O–H groups in total. The fourth-order valence-corrected chi connectivity index (χ4v) is 4.04. The van der Waals surface area contributed by atoms with Gasteiger partial charge >= 0.3 is 0 Å². The largest absolute Gasteiger partial charge is 0.347 e. The molecule has 2 aromatic rings. The van der Waals surface area contributed by atoms with Gasteiger partial charge in [-0.1, -0.05) is 12.1 Å². The third-order valence-corrected chi connectivity index (χ3v) is 5.17. The number of nitrogens with zero attached hydrogens (tertiary/aromatic N) is 2. The molecule has 4 rings (SSSR count). The number of nitrogens with one attached hydrogen (secondary N) is 1. The van der Waals surface area contributed by atoms with Crippen molar-refractivity contribution in [1.82, 2.24) is 14.8 Å². The first-order chi connectivity index (χ1) is 10.8. The Bertz CT molecular complexity index is 725. The molecule has 0 saturated carbocycles. The van der Waals surface area contributed by atoms with E-state index in [9.17, 15) is 4.79 Å². The van der Waals surface area contributed by atoms with Crippen molar-refractivity contribution in [3.8, 4) is 0 Å². The number of carbonyl (C=O) groups is 1. The minimum absolute atomic E-state index is 0.185. The van der Waals surface area contributed by atoms with Gasteiger partial charge in [-0.05, 0) is 37.3 Å². The van der Waals surface area contributed by atoms with Crippen LogP contribution in [0.1, 0.15) is 34.5 Å². The number of amides is 1. The van der Waals surface area contributed by atoms with Crippen LogP contribution in [0.25, 0.3) is 10.9 Å². The molecule has 1 aliphatic heterocycles. The highest BCUT2D eigenvalue weighted by atomic mass is 16.2. The summed E-state index contributed by atoms with van der Waals surface area (Å²) in [5, 5.41) is 4.60. The lowest BCUT2D eigenvalue weighted by atomic mass is 9.95. The Kier molecular flexibility index (Phi) is 3.41. The van der Waals surface area contributed by atoms with Gasteiger partial charge in [0.15, 0.2) is 0 Å². The highest BCUT2D eigenvalue weighted by Gasteiger charge is 2.25. The fraction of sp³-hybridized carbons (Fsp3) is 0.500. The summed E-state index contributed by atoms with van der Waals surface area (Å²) in [4.78, 5) is 14.9. The molecule has 1 amide bonds. The first-order valence-electron chi connectivity index (χ1n) is 8.36. The highest BCUT2D eigenvalue weighted by molar-refractivity contribution is 6.07. The number of benzene rings is 1. The molecular weight excluding hydrogens is 274 g/mol. The molecule has 2 aliphatic rings. The Morgan fingerprint density at radius 1 is 1.14 bits per heavy atom. The van der Waals surface area contributed by atoms with E-state index < -0.39 is 0 Å². The van der Waals surface area contributed by atoms with Gasteiger partial charge in [-0.15, -0.1) is 0 Å². The van der Waals surface area contributed by atoms with Gasteiger partial charge < -0.3 is 14.8 Å². The number of rotatable bonds is 1. The van der Waals surface area contributed by atoms with E-state index in [1.165, 1.54) is 29.5 Å². The molecule has 1 aromatic carbocycles. The zero-order valence-corrected chi connectivity index (χ0v) is 13.2. The summed E-state index contributed by atoms with van der Waals surface area (Å²) in [6.07, 6.45) is 4.82. The van der Waals surface area contributed by atoms with E-state index in [4.69, 9.17) is 0 Å². The second-order valence-corrected chi connectivity index (χ2v) is 6.44. The molecule has 1 aliphatic carbocycles. The van der Waals surface area contributed by atoms with Gasteiger partial charge in [0.1, 0.15) is 0 Å². The van der Waals surface area contributed by atoms with Crippen molar-refractivity contribution in [3.63, 3.8) is 0 Å². The van der Waals surface area contributed by atoms with Crippen LogP contribution in [0, 0.1) is 0 Å². The smallest absolute Gasteiger partial charge is 0.256 e. The van der Waals surface area contributed by atoms with Crippen LogP contribution in [-0.4, -0.2) is 41.6 Å². The van der Waals surface area contributed by atoms with Gasteiger partial charge in [0.2, 0.25) is 0 Å². The Balaban J connectivity index is 1.84. The molecule has 2 heterocycles. The van der Waals surface area contributed by atoms with Gasteiger partial charge in [-0.25, -0.2) is 0 Å². The van der Waals surface area contributed by atoms with Crippen LogP contribution in [0.15, 0.2) is 18.2 Å². The number of fused-ring (bicyclic) bond motifs is 3. The molecule has 1 aromatic heterocycles. The molecule has 0 unspecified atom stereocenters. The summed E-state index contributed by atoms with van der Waals surface area (Å²) >= 11 is 0. The normalized spacial score (nSPS) is 18.5. The van der Waals surface area contributed by atoms with E-state index in [2.05, 4.69) is 23.0 Å². The Morgan fingerprint density at radius 3 is 2.73 bits per heavy atom. The lowest BCUT2D eigenvalue weighted by Gasteiger charge is -2.27. The average molecular weight is 297 g/mol. The second kappa shape index (κ2) is 5.43. The zero-order valence-electron chi connectivity index (χ0n) is 13.2. The summed E-state index contributed by atoms with van der Waals surface area (Å²) in [5.41, 5.74) is 4.91. The number of aryl methyl sites for hydroxylation is 2. The zero-order chi connectivity index (χ0) is 15.1. The molecule has 1 saturated heterocycles. The topological polar surface area (TPSA) is 37.3 Å². The number of hydrogen-bond acceptors (Lipinski definition) is 2. The number of para-hydroxylation sites is 1. The van der Waals surface area contributed by atoms with E-state index >= 15 is 0 Å². The van der Waals surface area contributed by atoms with E-state index in [1.54, 1.807) is 0 Å². The van der Waals surface area contributed by atoms with E-state index in [-0.39, 0.29) is 5.91 Å². The lowest BCUT2D eigenvalue weighted by Crippen LogP contribution is -2.46. The summed E-state index contributed by atoms with van der Waals surface area (Å²) in [5.74, 6) is 0.185. The maximum absolute atomic E-state index is 13.0. The molecule has 0 atom stereocenters. The monoisotopic (exact) mass is 297 g/mol. The second-order valence-electron chi connectivity index (χ2n) is 6.44. The lowest BCUT2D eigenvalue weighted by molar-refractivity contribution is 0.0737. The molecule has 1 fully saturated rings. The number of hydrogen-bond donors (Lipinski definition) is 1. The quantitative estimate of drug-likeness (QED) is 0.875. The SMILES string of the molecule is Cn1c2c(c3cccc(C(=O)N4CCNCC4)c31)CCCC2. The molecule has 0 spiro atoms. The van der Waals surface area contributed by atoms with Gasteiger partial charge in [-0.2, -0.15) is 0 Å². The summed E-state index contributed by atoms with van der Waals surface area (Å²) in [6.45, 7) is 3.40. The third-order valence-electron chi connectivity index (χ3n) is 5.17. The van der Waals surface area contributed by atoms with Crippen LogP contribution < -0.4 is 5.32 Å². The molecule has 0 bridgehead atoms. The number of aromatic nitrogens is 1. The van der Waals surface area contributed by atoms with Crippen LogP contribution in [0.5, 0.6) is 0 Å². The van der Waals surface area contributed by atoms with Gasteiger partial charge in [-0.3, -0.25) is 4.79 Å². The van der Waals surface area contributed by atoms with Crippen molar-refractivity contribution in [2.45, 2.75) is 25.7 Å². The maximum Gasteiger partial charge on any atom is 0.256 e. The minimum Gasteiger partial charge on any atom is -0.347 e. The van der Waals surface area contributed by atoms with Crippen molar-refractivity contribution < 1.29 is 4.79 Å². The van der Waals surface area contributed by atoms with Gasteiger partial charge in [0, 0.05) is 44.3 Å². The molecule has 4 heteroatoms. The van der Waals surface area contributed by atoms with Crippen molar-refractivity contribution in [2.24, 2.45) is 7.05 Å². The molecular formula is C18H23N3O. The summed E-state index contributed by atoms with van der Waals surface area (Å²) in [6, 6.07) is 6.23. The van der Waals surface area contributed by atoms with Crippen molar-refractivity contribution in [2.75, 3.05) is 26.2 Å². The average Bonchev–Trinajstić information content (AvgIpc) is 2.89. The minimum atomic E-state index is 0.185. The summed E-state index contributed by atoms with van der Waals surface area (Å²) in [7, 11) is 2.13. The van der Waals surface area contributed by atoms with Crippen LogP contribution in [0.4, 0.5) is 0 Å². The van der Waals surface area contributed by atoms with Crippen LogP contribution in [0.2, 0.25) is 0 Å². The maximum atomic E-state index is 13.0. The Morgan fingerprint density at radius 2 is 1.91 bits per heavy atom. The standard InChI is InChI=1S/C18H23N3O/c1-20-16-8-3-2-5-13(16)14-6-4-7-15(17(14)20)18(22)21-11-9-19-10-12-21/h4,6-7,19H,2-3,5,8-12H2,1H3. The fourth-order valence-electron chi connectivity index (χ4n) is 4.04. The Hall–Kier alpha value is -1.81. The number of piperazine rings is 1. The van der Waals surface area contributed by atoms with E-state index in [0.29, 0.717) is 0 Å². The first-order valence-corrected chi connectivity index (χ1v) is 8.36. The van der Waals surface area contributed by atoms with Crippen LogP contribution >= 0.6 is 0 Å². The molecule has 4 nitrogen and oxygen atoms in total. The number of carbonyl (C=O) groups excluding carboxylic acids is 1. The molecule has 0 radical (unpaired) electrons. The van der Waals surface area contributed by atoms with Gasteiger partial charge in [0.05, 0.1) is 11.1 Å². The molecule has 22 heavy (non-hydrogen) atoms. The van der Waals surface area contributed by atoms with Crippen LogP contribution in [-0.2, 0) is 19.9 Å². The highest BCUT2D eigenvalue weighted by Crippen LogP contribution is 2.33. The predicted molar refractivity (Wildman–Crippen MR) is 88.3 cm³/mol. The van der Waals surface area contributed by atoms with Crippen molar-refractivity contribution >= 4 is 16.8 Å². The van der Waals surface area contributed by atoms with E-state index in [1.807, 2.05) is 17.0 Å². The Labute approximate surface area is 131 Å². The van der Waals surface area contributed by atoms with Crippen molar-refractivity contribution in [1.29, 1.82) is 0 Å². The van der Waals surface area contributed by atoms with Crippen molar-refractivity contribution in [3.05, 3.63) is 35.0 Å². The van der Waals surface area contributed by atoms with E-state index in [0.717, 1.165) is 50.1 Å². The summed E-state index contributed by atoms with van der Waals surface area (Å²) < 4.78 is 2.28. The third kappa shape index (κ3) is 2.05. The first kappa shape index (κ1) is 13.8. The van der Waals surface area contributed by atoms with Gasteiger partial charge in [0.25, 0.3) is 5.91 Å². The molecule has 116 valence electrons. The van der Waals surface area contributed by atoms with Crippen LogP contribution in [0.3, 0.4) is 0 Å². The predicted octanol–water partition coefficient (Wildman–Crippen LogP) is 2.10.